The first-order valence-corrected chi connectivity index (χ1v) is 5.75. The summed E-state index contributed by atoms with van der Waals surface area (Å²) in [6.07, 6.45) is -2.95. The van der Waals surface area contributed by atoms with Gasteiger partial charge in [-0.1, -0.05) is 0 Å². The first kappa shape index (κ1) is 13.8. The smallest absolute Gasteiger partial charge is 0.378 e. The lowest BCUT2D eigenvalue weighted by Crippen LogP contribution is -2.33. The molecule has 19 heavy (non-hydrogen) atoms. The lowest BCUT2D eigenvalue weighted by atomic mass is 9.89. The number of nitrogens with zero attached hydrogens (tertiary/aromatic N) is 3. The van der Waals surface area contributed by atoms with Crippen molar-refractivity contribution < 1.29 is 22.8 Å². The van der Waals surface area contributed by atoms with Crippen molar-refractivity contribution in [3.8, 4) is 0 Å². The summed E-state index contributed by atoms with van der Waals surface area (Å²) in [5, 5.41) is 13.9. The number of nitro groups is 1. The van der Waals surface area contributed by atoms with Gasteiger partial charge in [0.2, 0.25) is 5.69 Å². The molecule has 1 fully saturated rings. The van der Waals surface area contributed by atoms with E-state index < -0.39 is 22.5 Å². The average Bonchev–Trinajstić information content (AvgIpc) is 2.66. The van der Waals surface area contributed by atoms with Gasteiger partial charge >= 0.3 is 11.9 Å². The quantitative estimate of drug-likeness (QED) is 0.627. The van der Waals surface area contributed by atoms with Crippen LogP contribution in [0.2, 0.25) is 0 Å². The summed E-state index contributed by atoms with van der Waals surface area (Å²) in [4.78, 5) is 9.54. The van der Waals surface area contributed by atoms with Crippen molar-refractivity contribution in [2.24, 2.45) is 0 Å². The van der Waals surface area contributed by atoms with Crippen LogP contribution in [0.4, 0.5) is 18.9 Å². The van der Waals surface area contributed by atoms with Gasteiger partial charge in [0.05, 0.1) is 17.1 Å². The molecule has 0 bridgehead atoms. The SMILES string of the molecule is CCO[C@H]1C[C@@H](n2cc([N+](=O)[O-])c(C(F)(F)F)n2)C1. The van der Waals surface area contributed by atoms with Crippen molar-refractivity contribution in [3.05, 3.63) is 22.0 Å². The van der Waals surface area contributed by atoms with E-state index >= 15 is 0 Å². The Kier molecular flexibility index (Phi) is 3.48. The Labute approximate surface area is 106 Å². The molecule has 1 aromatic heterocycles. The maximum Gasteiger partial charge on any atom is 0.442 e. The molecule has 0 unspecified atom stereocenters. The van der Waals surface area contributed by atoms with E-state index in [1.165, 1.54) is 0 Å². The summed E-state index contributed by atoms with van der Waals surface area (Å²) in [6.45, 7) is 2.36. The molecular formula is C10H12F3N3O3. The Bertz CT molecular complexity index is 480. The molecule has 2 rings (SSSR count). The third kappa shape index (κ3) is 2.70. The van der Waals surface area contributed by atoms with Gasteiger partial charge in [0.15, 0.2) is 0 Å². The monoisotopic (exact) mass is 279 g/mol. The first-order chi connectivity index (χ1) is 8.82. The fraction of sp³-hybridized carbons (Fsp3) is 0.700. The molecule has 1 aliphatic carbocycles. The van der Waals surface area contributed by atoms with Crippen LogP contribution in [-0.2, 0) is 10.9 Å². The molecule has 0 N–H and O–H groups in total. The Balaban J connectivity index is 2.18. The van der Waals surface area contributed by atoms with Gasteiger partial charge in [0.25, 0.3) is 0 Å². The number of hydrogen-bond donors (Lipinski definition) is 0. The molecule has 1 aromatic rings. The fourth-order valence-electron chi connectivity index (χ4n) is 2.03. The van der Waals surface area contributed by atoms with Gasteiger partial charge in [-0.2, -0.15) is 18.3 Å². The van der Waals surface area contributed by atoms with Gasteiger partial charge < -0.3 is 4.74 Å². The van der Waals surface area contributed by atoms with Crippen LogP contribution in [0, 0.1) is 10.1 Å². The second kappa shape index (κ2) is 4.80. The molecule has 0 aliphatic heterocycles. The minimum absolute atomic E-state index is 0.00686. The topological polar surface area (TPSA) is 70.2 Å². The van der Waals surface area contributed by atoms with Crippen LogP contribution < -0.4 is 0 Å². The van der Waals surface area contributed by atoms with E-state index in [0.29, 0.717) is 19.4 Å². The molecule has 0 atom stereocenters. The Morgan fingerprint density at radius 1 is 1.58 bits per heavy atom. The van der Waals surface area contributed by atoms with Crippen LogP contribution in [0.1, 0.15) is 31.5 Å². The lowest BCUT2D eigenvalue weighted by Gasteiger charge is -2.34. The van der Waals surface area contributed by atoms with Crippen molar-refractivity contribution in [3.63, 3.8) is 0 Å². The average molecular weight is 279 g/mol. The normalized spacial score (nSPS) is 23.2. The van der Waals surface area contributed by atoms with Gasteiger partial charge in [-0.15, -0.1) is 0 Å². The van der Waals surface area contributed by atoms with Crippen molar-refractivity contribution in [2.45, 2.75) is 38.1 Å². The van der Waals surface area contributed by atoms with Crippen molar-refractivity contribution in [1.29, 1.82) is 0 Å². The second-order valence-corrected chi connectivity index (χ2v) is 4.30. The minimum atomic E-state index is -4.82. The number of rotatable bonds is 4. The van der Waals surface area contributed by atoms with E-state index in [1.807, 2.05) is 6.92 Å². The van der Waals surface area contributed by atoms with E-state index in [1.54, 1.807) is 0 Å². The second-order valence-electron chi connectivity index (χ2n) is 4.30. The molecule has 0 radical (unpaired) electrons. The van der Waals surface area contributed by atoms with Crippen LogP contribution in [0.3, 0.4) is 0 Å². The zero-order valence-electron chi connectivity index (χ0n) is 10.1. The number of hydrogen-bond acceptors (Lipinski definition) is 4. The highest BCUT2D eigenvalue weighted by Gasteiger charge is 2.44. The summed E-state index contributed by atoms with van der Waals surface area (Å²) in [6, 6.07) is -0.272. The van der Waals surface area contributed by atoms with E-state index in [0.717, 1.165) is 10.9 Å². The first-order valence-electron chi connectivity index (χ1n) is 5.75. The summed E-state index contributed by atoms with van der Waals surface area (Å²) in [5.41, 5.74) is -2.45. The number of alkyl halides is 3. The Morgan fingerprint density at radius 2 is 2.21 bits per heavy atom. The highest BCUT2D eigenvalue weighted by atomic mass is 19.4. The maximum atomic E-state index is 12.6. The van der Waals surface area contributed by atoms with Crippen LogP contribution >= 0.6 is 0 Å². The lowest BCUT2D eigenvalue weighted by molar-refractivity contribution is -0.388. The van der Waals surface area contributed by atoms with Crippen molar-refractivity contribution in [2.75, 3.05) is 6.61 Å². The summed E-state index contributed by atoms with van der Waals surface area (Å²) in [7, 11) is 0. The predicted molar refractivity (Wildman–Crippen MR) is 57.6 cm³/mol. The Morgan fingerprint density at radius 3 is 2.63 bits per heavy atom. The van der Waals surface area contributed by atoms with Gasteiger partial charge in [-0.3, -0.25) is 14.8 Å². The van der Waals surface area contributed by atoms with Crippen LogP contribution in [0.25, 0.3) is 0 Å². The molecule has 0 saturated heterocycles. The molecule has 0 amide bonds. The summed E-state index contributed by atoms with van der Waals surface area (Å²) < 4.78 is 44.1. The van der Waals surface area contributed by atoms with Crippen molar-refractivity contribution >= 4 is 5.69 Å². The number of ether oxygens (including phenoxy) is 1. The molecule has 1 saturated carbocycles. The predicted octanol–water partition coefficient (Wildman–Crippen LogP) is 2.55. The zero-order chi connectivity index (χ0) is 14.2. The fourth-order valence-corrected chi connectivity index (χ4v) is 2.03. The molecule has 1 heterocycles. The third-order valence-corrected chi connectivity index (χ3v) is 3.02. The molecule has 106 valence electrons. The van der Waals surface area contributed by atoms with Gasteiger partial charge in [-0.05, 0) is 19.8 Å². The number of halogens is 3. The van der Waals surface area contributed by atoms with Crippen molar-refractivity contribution in [1.82, 2.24) is 9.78 Å². The largest absolute Gasteiger partial charge is 0.442 e. The van der Waals surface area contributed by atoms with Gasteiger partial charge in [-0.25, -0.2) is 0 Å². The molecule has 6 nitrogen and oxygen atoms in total. The van der Waals surface area contributed by atoms with Crippen LogP contribution in [-0.4, -0.2) is 27.4 Å². The number of aromatic nitrogens is 2. The highest BCUT2D eigenvalue weighted by molar-refractivity contribution is 5.35. The maximum absolute atomic E-state index is 12.6. The molecule has 9 heteroatoms. The molecule has 1 aliphatic rings. The minimum Gasteiger partial charge on any atom is -0.378 e. The van der Waals surface area contributed by atoms with E-state index in [9.17, 15) is 23.3 Å². The molecule has 0 spiro atoms. The highest BCUT2D eigenvalue weighted by Crippen LogP contribution is 2.39. The molecular weight excluding hydrogens is 267 g/mol. The summed E-state index contributed by atoms with van der Waals surface area (Å²) in [5.74, 6) is 0. The van der Waals surface area contributed by atoms with Crippen LogP contribution in [0.15, 0.2) is 6.20 Å². The van der Waals surface area contributed by atoms with E-state index in [4.69, 9.17) is 4.74 Å². The molecule has 0 aromatic carbocycles. The summed E-state index contributed by atoms with van der Waals surface area (Å²) >= 11 is 0. The van der Waals surface area contributed by atoms with Gasteiger partial charge in [0, 0.05) is 6.61 Å². The van der Waals surface area contributed by atoms with E-state index in [2.05, 4.69) is 5.10 Å². The van der Waals surface area contributed by atoms with Crippen LogP contribution in [0.5, 0.6) is 0 Å². The zero-order valence-corrected chi connectivity index (χ0v) is 10.1. The van der Waals surface area contributed by atoms with Gasteiger partial charge in [0.1, 0.15) is 6.20 Å². The third-order valence-electron chi connectivity index (χ3n) is 3.02. The van der Waals surface area contributed by atoms with E-state index in [-0.39, 0.29) is 12.1 Å². The Hall–Kier alpha value is -1.64. The standard InChI is InChI=1S/C10H12F3N3O3/c1-2-19-7-3-6(4-7)15-5-8(16(17)18)9(14-15)10(11,12)13/h5-7H,2-4H2,1H3/t6-,7+.